The first kappa shape index (κ1) is 12.5. The van der Waals surface area contributed by atoms with Crippen LogP contribution in [0.1, 0.15) is 25.3 Å². The molecule has 17 heavy (non-hydrogen) atoms. The lowest BCUT2D eigenvalue weighted by Gasteiger charge is -2.28. The van der Waals surface area contributed by atoms with E-state index in [1.807, 2.05) is 6.92 Å². The smallest absolute Gasteiger partial charge is 0.127 e. The summed E-state index contributed by atoms with van der Waals surface area (Å²) < 4.78 is 31.8. The maximum absolute atomic E-state index is 13.4. The van der Waals surface area contributed by atoms with Gasteiger partial charge >= 0.3 is 0 Å². The number of hydrogen-bond donors (Lipinski definition) is 1. The fourth-order valence-corrected chi connectivity index (χ4v) is 2.12. The molecule has 1 N–H and O–H groups in total. The van der Waals surface area contributed by atoms with Crippen molar-refractivity contribution in [3.8, 4) is 0 Å². The van der Waals surface area contributed by atoms with Crippen LogP contribution in [0, 0.1) is 11.6 Å². The zero-order valence-electron chi connectivity index (χ0n) is 9.88. The van der Waals surface area contributed by atoms with Crippen LogP contribution in [0.5, 0.6) is 0 Å². The molecular formula is C13H17F2NO. The Morgan fingerprint density at radius 2 is 2.24 bits per heavy atom. The van der Waals surface area contributed by atoms with E-state index < -0.39 is 5.82 Å². The third-order valence-corrected chi connectivity index (χ3v) is 3.07. The molecule has 1 aliphatic heterocycles. The zero-order chi connectivity index (χ0) is 12.3. The third kappa shape index (κ3) is 3.48. The van der Waals surface area contributed by atoms with Crippen LogP contribution >= 0.6 is 0 Å². The molecule has 1 aromatic carbocycles. The van der Waals surface area contributed by atoms with Gasteiger partial charge in [0.1, 0.15) is 11.6 Å². The fraction of sp³-hybridized carbons (Fsp3) is 0.538. The van der Waals surface area contributed by atoms with E-state index >= 15 is 0 Å². The predicted molar refractivity (Wildman–Crippen MR) is 61.6 cm³/mol. The average Bonchev–Trinajstić information content (AvgIpc) is 2.30. The molecule has 2 nitrogen and oxygen atoms in total. The van der Waals surface area contributed by atoms with Crippen LogP contribution in [0.3, 0.4) is 0 Å². The Labute approximate surface area is 100.0 Å². The summed E-state index contributed by atoms with van der Waals surface area (Å²) in [5.74, 6) is -0.762. The van der Waals surface area contributed by atoms with Gasteiger partial charge in [0, 0.05) is 24.8 Å². The SMILES string of the molecule is CC1CC(NCc2cc(F)ccc2F)CCO1. The van der Waals surface area contributed by atoms with E-state index in [0.29, 0.717) is 18.2 Å². The van der Waals surface area contributed by atoms with Gasteiger partial charge < -0.3 is 10.1 Å². The maximum Gasteiger partial charge on any atom is 0.127 e. The van der Waals surface area contributed by atoms with E-state index in [2.05, 4.69) is 5.32 Å². The summed E-state index contributed by atoms with van der Waals surface area (Å²) >= 11 is 0. The first-order chi connectivity index (χ1) is 8.15. The Balaban J connectivity index is 1.90. The molecular weight excluding hydrogens is 224 g/mol. The summed E-state index contributed by atoms with van der Waals surface area (Å²) in [5, 5.41) is 3.25. The minimum atomic E-state index is -0.399. The molecule has 0 aliphatic carbocycles. The van der Waals surface area contributed by atoms with E-state index in [1.54, 1.807) is 0 Å². The van der Waals surface area contributed by atoms with Crippen LogP contribution in [0.4, 0.5) is 8.78 Å². The maximum atomic E-state index is 13.4. The van der Waals surface area contributed by atoms with Gasteiger partial charge in [-0.3, -0.25) is 0 Å². The van der Waals surface area contributed by atoms with E-state index in [1.165, 1.54) is 12.1 Å². The van der Waals surface area contributed by atoms with E-state index in [0.717, 1.165) is 25.5 Å². The van der Waals surface area contributed by atoms with Crippen molar-refractivity contribution in [1.29, 1.82) is 0 Å². The molecule has 0 spiro atoms. The molecule has 94 valence electrons. The standard InChI is InChI=1S/C13H17F2NO/c1-9-6-12(4-5-17-9)16-8-10-7-11(14)2-3-13(10)15/h2-3,7,9,12,16H,4-6,8H2,1H3. The van der Waals surface area contributed by atoms with Crippen LogP contribution < -0.4 is 5.32 Å². The molecule has 1 aromatic rings. The number of halogens is 2. The lowest BCUT2D eigenvalue weighted by molar-refractivity contribution is 0.0130. The van der Waals surface area contributed by atoms with Crippen molar-refractivity contribution in [3.05, 3.63) is 35.4 Å². The fourth-order valence-electron chi connectivity index (χ4n) is 2.12. The van der Waals surface area contributed by atoms with Gasteiger partial charge in [0.05, 0.1) is 6.10 Å². The molecule has 0 radical (unpaired) electrons. The molecule has 2 unspecified atom stereocenters. The van der Waals surface area contributed by atoms with Crippen molar-refractivity contribution in [3.63, 3.8) is 0 Å². The summed E-state index contributed by atoms with van der Waals surface area (Å²) in [6, 6.07) is 3.86. The third-order valence-electron chi connectivity index (χ3n) is 3.07. The number of hydrogen-bond acceptors (Lipinski definition) is 2. The largest absolute Gasteiger partial charge is 0.378 e. The number of benzene rings is 1. The lowest BCUT2D eigenvalue weighted by Crippen LogP contribution is -2.37. The van der Waals surface area contributed by atoms with Crippen molar-refractivity contribution < 1.29 is 13.5 Å². The Hall–Kier alpha value is -1.00. The van der Waals surface area contributed by atoms with Gasteiger partial charge in [-0.25, -0.2) is 8.78 Å². The molecule has 1 aliphatic rings. The quantitative estimate of drug-likeness (QED) is 0.878. The molecule has 1 saturated heterocycles. The van der Waals surface area contributed by atoms with E-state index in [4.69, 9.17) is 4.74 Å². The van der Waals surface area contributed by atoms with Crippen molar-refractivity contribution in [2.75, 3.05) is 6.61 Å². The summed E-state index contributed by atoms with van der Waals surface area (Å²) in [6.45, 7) is 3.11. The summed E-state index contributed by atoms with van der Waals surface area (Å²) in [6.07, 6.45) is 2.07. The second kappa shape index (κ2) is 5.56. The second-order valence-electron chi connectivity index (χ2n) is 4.52. The van der Waals surface area contributed by atoms with Crippen LogP contribution in [0.2, 0.25) is 0 Å². The van der Waals surface area contributed by atoms with Crippen LogP contribution in [-0.4, -0.2) is 18.8 Å². The van der Waals surface area contributed by atoms with Crippen molar-refractivity contribution >= 4 is 0 Å². The molecule has 4 heteroatoms. The Kier molecular flexibility index (Phi) is 4.07. The number of ether oxygens (including phenoxy) is 1. The monoisotopic (exact) mass is 241 g/mol. The molecule has 0 saturated carbocycles. The minimum absolute atomic E-state index is 0.235. The lowest BCUT2D eigenvalue weighted by atomic mass is 10.0. The first-order valence-corrected chi connectivity index (χ1v) is 5.94. The van der Waals surface area contributed by atoms with Gasteiger partial charge in [-0.15, -0.1) is 0 Å². The van der Waals surface area contributed by atoms with Gasteiger partial charge in [0.2, 0.25) is 0 Å². The van der Waals surface area contributed by atoms with Crippen molar-refractivity contribution in [2.45, 2.75) is 38.5 Å². The number of nitrogens with one attached hydrogen (secondary N) is 1. The van der Waals surface area contributed by atoms with Gasteiger partial charge in [-0.2, -0.15) is 0 Å². The summed E-state index contributed by atoms with van der Waals surface area (Å²) in [5.41, 5.74) is 0.379. The molecule has 0 amide bonds. The average molecular weight is 241 g/mol. The van der Waals surface area contributed by atoms with Gasteiger partial charge in [-0.05, 0) is 38.0 Å². The second-order valence-corrected chi connectivity index (χ2v) is 4.52. The van der Waals surface area contributed by atoms with Crippen LogP contribution in [0.25, 0.3) is 0 Å². The van der Waals surface area contributed by atoms with E-state index in [9.17, 15) is 8.78 Å². The van der Waals surface area contributed by atoms with Crippen molar-refractivity contribution in [1.82, 2.24) is 5.32 Å². The molecule has 1 heterocycles. The van der Waals surface area contributed by atoms with Gasteiger partial charge in [-0.1, -0.05) is 0 Å². The highest BCUT2D eigenvalue weighted by molar-refractivity contribution is 5.18. The molecule has 0 bridgehead atoms. The summed E-state index contributed by atoms with van der Waals surface area (Å²) in [4.78, 5) is 0. The van der Waals surface area contributed by atoms with Crippen LogP contribution in [0.15, 0.2) is 18.2 Å². The molecule has 2 atom stereocenters. The highest BCUT2D eigenvalue weighted by atomic mass is 19.1. The molecule has 1 fully saturated rings. The Bertz CT molecular complexity index is 384. The van der Waals surface area contributed by atoms with E-state index in [-0.39, 0.29) is 11.9 Å². The molecule has 0 aromatic heterocycles. The molecule has 2 rings (SSSR count). The Morgan fingerprint density at radius 3 is 3.00 bits per heavy atom. The zero-order valence-corrected chi connectivity index (χ0v) is 9.88. The van der Waals surface area contributed by atoms with Gasteiger partial charge in [0.15, 0.2) is 0 Å². The van der Waals surface area contributed by atoms with Gasteiger partial charge in [0.25, 0.3) is 0 Å². The van der Waals surface area contributed by atoms with Crippen LogP contribution in [-0.2, 0) is 11.3 Å². The predicted octanol–water partition coefficient (Wildman–Crippen LogP) is 2.62. The normalized spacial score (nSPS) is 24.9. The highest BCUT2D eigenvalue weighted by Gasteiger charge is 2.19. The first-order valence-electron chi connectivity index (χ1n) is 5.94. The highest BCUT2D eigenvalue weighted by Crippen LogP contribution is 2.15. The number of rotatable bonds is 3. The minimum Gasteiger partial charge on any atom is -0.378 e. The summed E-state index contributed by atoms with van der Waals surface area (Å²) in [7, 11) is 0. The topological polar surface area (TPSA) is 21.3 Å². The van der Waals surface area contributed by atoms with Crippen molar-refractivity contribution in [2.24, 2.45) is 0 Å². The Morgan fingerprint density at radius 1 is 1.41 bits per heavy atom.